The van der Waals surface area contributed by atoms with E-state index in [2.05, 4.69) is 30.5 Å². The Labute approximate surface area is 152 Å². The molecule has 0 bridgehead atoms. The van der Waals surface area contributed by atoms with Crippen LogP contribution in [0.1, 0.15) is 34.2 Å². The van der Waals surface area contributed by atoms with Crippen LogP contribution in [0.3, 0.4) is 0 Å². The number of fused-ring (bicyclic) bond motifs is 1. The Bertz CT molecular complexity index is 940. The molecule has 0 saturated heterocycles. The molecule has 4 rings (SSSR count). The first-order valence-electron chi connectivity index (χ1n) is 8.71. The average molecular weight is 350 g/mol. The highest BCUT2D eigenvalue weighted by molar-refractivity contribution is 5.43. The van der Waals surface area contributed by atoms with Gasteiger partial charge in [-0.3, -0.25) is 0 Å². The summed E-state index contributed by atoms with van der Waals surface area (Å²) in [4.78, 5) is 0. The van der Waals surface area contributed by atoms with Crippen molar-refractivity contribution in [3.8, 4) is 5.75 Å². The predicted octanol–water partition coefficient (Wildman–Crippen LogP) is 4.39. The maximum Gasteiger partial charge on any atom is 0.227 e. The number of hydrogen-bond donors (Lipinski definition) is 0. The molecule has 3 aromatic rings. The minimum atomic E-state index is -0.475. The summed E-state index contributed by atoms with van der Waals surface area (Å²) in [5, 5.41) is 0. The molecule has 0 aliphatic carbocycles. The zero-order valence-corrected chi connectivity index (χ0v) is 14.9. The third kappa shape index (κ3) is 3.33. The second kappa shape index (κ2) is 6.89. The van der Waals surface area contributed by atoms with Crippen molar-refractivity contribution < 1.29 is 18.4 Å². The normalized spacial score (nSPS) is 16.0. The Kier molecular flexibility index (Phi) is 4.43. The number of benzene rings is 2. The van der Waals surface area contributed by atoms with Crippen molar-refractivity contribution in [3.63, 3.8) is 0 Å². The van der Waals surface area contributed by atoms with Gasteiger partial charge in [-0.2, -0.15) is 4.57 Å². The van der Waals surface area contributed by atoms with Crippen LogP contribution in [0.4, 0.5) is 4.39 Å². The van der Waals surface area contributed by atoms with Crippen LogP contribution < -0.4 is 9.30 Å². The van der Waals surface area contributed by atoms with E-state index < -0.39 is 6.29 Å². The molecule has 2 aromatic carbocycles. The lowest BCUT2D eigenvalue weighted by atomic mass is 10.1. The van der Waals surface area contributed by atoms with Crippen LogP contribution >= 0.6 is 0 Å². The van der Waals surface area contributed by atoms with Gasteiger partial charge >= 0.3 is 0 Å². The van der Waals surface area contributed by atoms with E-state index >= 15 is 0 Å². The van der Waals surface area contributed by atoms with E-state index in [0.717, 1.165) is 28.1 Å². The summed E-state index contributed by atoms with van der Waals surface area (Å²) in [5.74, 6) is 0.452. The Morgan fingerprint density at radius 2 is 1.88 bits per heavy atom. The van der Waals surface area contributed by atoms with Crippen molar-refractivity contribution in [1.82, 2.24) is 0 Å². The number of aromatic nitrogens is 1. The fourth-order valence-corrected chi connectivity index (χ4v) is 3.32. The first kappa shape index (κ1) is 16.7. The van der Waals surface area contributed by atoms with Crippen LogP contribution in [0.25, 0.3) is 0 Å². The van der Waals surface area contributed by atoms with Crippen LogP contribution in [0.15, 0.2) is 60.8 Å². The van der Waals surface area contributed by atoms with Crippen LogP contribution in [0.5, 0.6) is 5.75 Å². The highest BCUT2D eigenvalue weighted by atomic mass is 19.1. The minimum Gasteiger partial charge on any atom is -0.460 e. The predicted molar refractivity (Wildman–Crippen MR) is 96.2 cm³/mol. The molecule has 0 saturated carbocycles. The van der Waals surface area contributed by atoms with Crippen LogP contribution in [-0.4, -0.2) is 0 Å². The number of nitrogens with zero attached hydrogens (tertiary/aromatic N) is 1. The monoisotopic (exact) mass is 350 g/mol. The Hall–Kier alpha value is -2.72. The van der Waals surface area contributed by atoms with Gasteiger partial charge in [0.05, 0.1) is 12.2 Å². The van der Waals surface area contributed by atoms with Crippen molar-refractivity contribution in [2.45, 2.75) is 33.3 Å². The topological polar surface area (TPSA) is 22.3 Å². The van der Waals surface area contributed by atoms with Crippen molar-refractivity contribution in [3.05, 3.63) is 94.6 Å². The first-order chi connectivity index (χ1) is 12.6. The molecule has 26 heavy (non-hydrogen) atoms. The number of rotatable bonds is 3. The summed E-state index contributed by atoms with van der Waals surface area (Å²) < 4.78 is 28.2. The summed E-state index contributed by atoms with van der Waals surface area (Å²) in [5.41, 5.74) is 4.84. The van der Waals surface area contributed by atoms with Gasteiger partial charge in [-0.15, -0.1) is 0 Å². The maximum absolute atomic E-state index is 14.1. The standard InChI is InChI=1S/C22H21FNO2/c1-15-8-9-24(16(2)10-15)13-18-11-20(23)12-19-14-25-22(26-21(18)19)17-6-4-3-5-7-17/h3-12,22H,13-14H2,1-2H3/q+1/t22-/m1/s1. The molecule has 0 radical (unpaired) electrons. The largest absolute Gasteiger partial charge is 0.460 e. The van der Waals surface area contributed by atoms with Crippen molar-refractivity contribution in [2.24, 2.45) is 0 Å². The molecular weight excluding hydrogens is 329 g/mol. The van der Waals surface area contributed by atoms with Crippen molar-refractivity contribution >= 4 is 0 Å². The number of hydrogen-bond acceptors (Lipinski definition) is 2. The van der Waals surface area contributed by atoms with E-state index in [4.69, 9.17) is 9.47 Å². The maximum atomic E-state index is 14.1. The minimum absolute atomic E-state index is 0.269. The number of pyridine rings is 1. The SMILES string of the molecule is Cc1cc[n+](Cc2cc(F)cc3c2O[C@H](c2ccccc2)OC3)c(C)c1. The second-order valence-electron chi connectivity index (χ2n) is 6.70. The fraction of sp³-hybridized carbons (Fsp3) is 0.227. The van der Waals surface area contributed by atoms with E-state index in [1.54, 1.807) is 6.07 Å². The highest BCUT2D eigenvalue weighted by Crippen LogP contribution is 2.36. The lowest BCUT2D eigenvalue weighted by molar-refractivity contribution is -0.694. The van der Waals surface area contributed by atoms with Gasteiger partial charge in [0.15, 0.2) is 18.4 Å². The molecular formula is C22H21FNO2+. The molecule has 0 spiro atoms. The van der Waals surface area contributed by atoms with E-state index in [-0.39, 0.29) is 5.82 Å². The van der Waals surface area contributed by atoms with Crippen LogP contribution in [0.2, 0.25) is 0 Å². The van der Waals surface area contributed by atoms with Crippen molar-refractivity contribution in [1.29, 1.82) is 0 Å². The van der Waals surface area contributed by atoms with Gasteiger partial charge in [-0.05, 0) is 24.6 Å². The van der Waals surface area contributed by atoms with E-state index in [0.29, 0.717) is 13.2 Å². The smallest absolute Gasteiger partial charge is 0.227 e. The average Bonchev–Trinajstić information content (AvgIpc) is 2.64. The third-order valence-electron chi connectivity index (χ3n) is 4.64. The summed E-state index contributed by atoms with van der Waals surface area (Å²) in [7, 11) is 0. The van der Waals surface area contributed by atoms with Gasteiger partial charge in [0.25, 0.3) is 0 Å². The number of aryl methyl sites for hydroxylation is 2. The lowest BCUT2D eigenvalue weighted by Gasteiger charge is -2.28. The summed E-state index contributed by atoms with van der Waals surface area (Å²) in [6, 6.07) is 17.0. The number of ether oxygens (including phenoxy) is 2. The molecule has 1 aliphatic heterocycles. The molecule has 1 atom stereocenters. The molecule has 3 nitrogen and oxygen atoms in total. The number of halogens is 1. The highest BCUT2D eigenvalue weighted by Gasteiger charge is 2.26. The lowest BCUT2D eigenvalue weighted by Crippen LogP contribution is -2.37. The fourth-order valence-electron chi connectivity index (χ4n) is 3.32. The quantitative estimate of drug-likeness (QED) is 0.654. The van der Waals surface area contributed by atoms with E-state index in [1.165, 1.54) is 11.6 Å². The van der Waals surface area contributed by atoms with Gasteiger partial charge in [0.2, 0.25) is 6.29 Å². The van der Waals surface area contributed by atoms with Crippen LogP contribution in [0, 0.1) is 19.7 Å². The van der Waals surface area contributed by atoms with Crippen LogP contribution in [-0.2, 0) is 17.9 Å². The molecule has 0 unspecified atom stereocenters. The molecule has 2 heterocycles. The van der Waals surface area contributed by atoms with E-state index in [1.807, 2.05) is 36.5 Å². The third-order valence-corrected chi connectivity index (χ3v) is 4.64. The van der Waals surface area contributed by atoms with Crippen molar-refractivity contribution in [2.75, 3.05) is 0 Å². The first-order valence-corrected chi connectivity index (χ1v) is 8.71. The molecule has 1 aromatic heterocycles. The van der Waals surface area contributed by atoms with Gasteiger partial charge in [0, 0.05) is 30.2 Å². The van der Waals surface area contributed by atoms with Gasteiger partial charge in [-0.25, -0.2) is 4.39 Å². The molecule has 0 fully saturated rings. The molecule has 4 heteroatoms. The Balaban J connectivity index is 1.69. The second-order valence-corrected chi connectivity index (χ2v) is 6.70. The zero-order valence-electron chi connectivity index (χ0n) is 14.9. The van der Waals surface area contributed by atoms with Gasteiger partial charge < -0.3 is 9.47 Å². The summed E-state index contributed by atoms with van der Waals surface area (Å²) >= 11 is 0. The van der Waals surface area contributed by atoms with Gasteiger partial charge in [0.1, 0.15) is 11.6 Å². The molecule has 132 valence electrons. The summed E-state index contributed by atoms with van der Waals surface area (Å²) in [6.45, 7) is 4.99. The van der Waals surface area contributed by atoms with Gasteiger partial charge in [-0.1, -0.05) is 30.3 Å². The molecule has 1 aliphatic rings. The Morgan fingerprint density at radius 3 is 2.65 bits per heavy atom. The van der Waals surface area contributed by atoms with E-state index in [9.17, 15) is 4.39 Å². The molecule has 0 amide bonds. The molecule has 0 N–H and O–H groups in total. The summed E-state index contributed by atoms with van der Waals surface area (Å²) in [6.07, 6.45) is 1.55. The zero-order chi connectivity index (χ0) is 18.1. The Morgan fingerprint density at radius 1 is 1.08 bits per heavy atom.